The van der Waals surface area contributed by atoms with Gasteiger partial charge >= 0.3 is 5.97 Å². The molecule has 1 aromatic carbocycles. The van der Waals surface area contributed by atoms with Gasteiger partial charge in [0.25, 0.3) is 5.91 Å². The Labute approximate surface area is 159 Å². The lowest BCUT2D eigenvalue weighted by atomic mass is 9.92. The highest BCUT2D eigenvalue weighted by molar-refractivity contribution is 7.21. The molecule has 1 saturated carbocycles. The maximum Gasteiger partial charge on any atom is 0.308 e. The van der Waals surface area contributed by atoms with Crippen molar-refractivity contribution in [3.8, 4) is 10.8 Å². The van der Waals surface area contributed by atoms with Gasteiger partial charge in [0.2, 0.25) is 0 Å². The number of thiazole rings is 1. The number of benzene rings is 1. The molecule has 1 aliphatic heterocycles. The smallest absolute Gasteiger partial charge is 0.308 e. The van der Waals surface area contributed by atoms with Gasteiger partial charge in [-0.25, -0.2) is 4.98 Å². The van der Waals surface area contributed by atoms with Crippen molar-refractivity contribution in [3.05, 3.63) is 42.2 Å². The molecule has 5 rings (SSSR count). The quantitative estimate of drug-likeness (QED) is 0.743. The van der Waals surface area contributed by atoms with Crippen molar-refractivity contribution >= 4 is 33.4 Å². The highest BCUT2D eigenvalue weighted by Crippen LogP contribution is 2.44. The lowest BCUT2D eigenvalue weighted by molar-refractivity contribution is -0.142. The molecular formula is C20H18N2O4S. The van der Waals surface area contributed by atoms with E-state index in [1.54, 1.807) is 17.0 Å². The molecule has 0 bridgehead atoms. The van der Waals surface area contributed by atoms with Gasteiger partial charge in [-0.3, -0.25) is 9.59 Å². The summed E-state index contributed by atoms with van der Waals surface area (Å²) in [6.07, 6.45) is 2.14. The molecule has 1 amide bonds. The zero-order valence-electron chi connectivity index (χ0n) is 14.5. The maximum absolute atomic E-state index is 12.8. The van der Waals surface area contributed by atoms with E-state index in [2.05, 4.69) is 4.98 Å². The van der Waals surface area contributed by atoms with Gasteiger partial charge in [-0.05, 0) is 48.9 Å². The van der Waals surface area contributed by atoms with E-state index in [1.165, 1.54) is 11.3 Å². The van der Waals surface area contributed by atoms with Crippen molar-refractivity contribution in [1.29, 1.82) is 0 Å². The first-order valence-electron chi connectivity index (χ1n) is 9.08. The Hall–Kier alpha value is -2.67. The van der Waals surface area contributed by atoms with Crippen LogP contribution in [0.1, 0.15) is 23.4 Å². The Morgan fingerprint density at radius 2 is 1.96 bits per heavy atom. The van der Waals surface area contributed by atoms with Crippen molar-refractivity contribution in [3.63, 3.8) is 0 Å². The van der Waals surface area contributed by atoms with E-state index >= 15 is 0 Å². The second kappa shape index (κ2) is 6.20. The third-order valence-electron chi connectivity index (χ3n) is 5.52. The number of aromatic nitrogens is 1. The van der Waals surface area contributed by atoms with Crippen LogP contribution in [-0.4, -0.2) is 40.0 Å². The molecule has 1 N–H and O–H groups in total. The van der Waals surface area contributed by atoms with Crippen LogP contribution in [0.4, 0.5) is 0 Å². The molecule has 1 saturated heterocycles. The predicted molar refractivity (Wildman–Crippen MR) is 101 cm³/mol. The number of nitrogens with zero attached hydrogens (tertiary/aromatic N) is 2. The second-order valence-electron chi connectivity index (χ2n) is 7.31. The fourth-order valence-corrected chi connectivity index (χ4v) is 4.89. The number of furan rings is 1. The standard InChI is InChI=1S/C20H18N2O4S/c23-19(22-9-12(11-5-6-11)13(10-22)20(24)25)16-8-7-15(26-16)18-21-14-3-1-2-4-17(14)27-18/h1-4,7-8,11-13H,5-6,9-10H2,(H,24,25)/t12-,13+/m1/s1. The number of hydrogen-bond acceptors (Lipinski definition) is 5. The van der Waals surface area contributed by atoms with Gasteiger partial charge < -0.3 is 14.4 Å². The minimum Gasteiger partial charge on any atom is -0.481 e. The lowest BCUT2D eigenvalue weighted by Gasteiger charge is -2.14. The zero-order valence-corrected chi connectivity index (χ0v) is 15.3. The van der Waals surface area contributed by atoms with Gasteiger partial charge in [-0.1, -0.05) is 12.1 Å². The van der Waals surface area contributed by atoms with Crippen molar-refractivity contribution < 1.29 is 19.1 Å². The SMILES string of the molecule is O=C(O)[C@H]1CN(C(=O)c2ccc(-c3nc4ccccc4s3)o2)C[C@@H]1C1CC1. The average Bonchev–Trinajstić information content (AvgIpc) is 3.12. The third-order valence-corrected chi connectivity index (χ3v) is 6.57. The molecule has 138 valence electrons. The number of likely N-dealkylation sites (tertiary alicyclic amines) is 1. The molecule has 1 aliphatic carbocycles. The van der Waals surface area contributed by atoms with E-state index in [0.29, 0.717) is 18.2 Å². The highest BCUT2D eigenvalue weighted by atomic mass is 32.1. The Morgan fingerprint density at radius 3 is 2.70 bits per heavy atom. The van der Waals surface area contributed by atoms with Gasteiger partial charge in [0.05, 0.1) is 16.1 Å². The van der Waals surface area contributed by atoms with E-state index in [9.17, 15) is 14.7 Å². The molecule has 7 heteroatoms. The van der Waals surface area contributed by atoms with Gasteiger partial charge in [-0.15, -0.1) is 11.3 Å². The number of fused-ring (bicyclic) bond motifs is 1. The van der Waals surface area contributed by atoms with E-state index in [4.69, 9.17) is 4.42 Å². The molecule has 2 aliphatic rings. The molecular weight excluding hydrogens is 364 g/mol. The number of carbonyl (C=O) groups excluding carboxylic acids is 1. The monoisotopic (exact) mass is 382 g/mol. The number of aliphatic carboxylic acids is 1. The summed E-state index contributed by atoms with van der Waals surface area (Å²) in [5, 5.41) is 10.2. The average molecular weight is 382 g/mol. The fraction of sp³-hybridized carbons (Fsp3) is 0.350. The van der Waals surface area contributed by atoms with Gasteiger partial charge in [-0.2, -0.15) is 0 Å². The van der Waals surface area contributed by atoms with Crippen LogP contribution in [0.2, 0.25) is 0 Å². The van der Waals surface area contributed by atoms with Crippen LogP contribution >= 0.6 is 11.3 Å². The van der Waals surface area contributed by atoms with E-state index in [1.807, 2.05) is 24.3 Å². The Balaban J connectivity index is 1.37. The van der Waals surface area contributed by atoms with E-state index in [0.717, 1.165) is 28.1 Å². The molecule has 0 spiro atoms. The number of carboxylic acids is 1. The summed E-state index contributed by atoms with van der Waals surface area (Å²) in [5.41, 5.74) is 0.901. The summed E-state index contributed by atoms with van der Waals surface area (Å²) in [5.74, 6) is -0.213. The number of amides is 1. The van der Waals surface area contributed by atoms with E-state index < -0.39 is 11.9 Å². The van der Waals surface area contributed by atoms with Crippen LogP contribution in [0.3, 0.4) is 0 Å². The molecule has 2 fully saturated rings. The molecule has 0 unspecified atom stereocenters. The van der Waals surface area contributed by atoms with Gasteiger partial charge in [0, 0.05) is 13.1 Å². The lowest BCUT2D eigenvalue weighted by Crippen LogP contribution is -2.29. The molecule has 3 aromatic rings. The molecule has 3 heterocycles. The van der Waals surface area contributed by atoms with Crippen molar-refractivity contribution in [1.82, 2.24) is 9.88 Å². The van der Waals surface area contributed by atoms with Crippen molar-refractivity contribution in [2.24, 2.45) is 17.8 Å². The van der Waals surface area contributed by atoms with Crippen LogP contribution in [0.5, 0.6) is 0 Å². The first-order valence-corrected chi connectivity index (χ1v) is 9.89. The summed E-state index contributed by atoms with van der Waals surface area (Å²) in [4.78, 5) is 30.6. The summed E-state index contributed by atoms with van der Waals surface area (Å²) in [6, 6.07) is 11.3. The topological polar surface area (TPSA) is 83.6 Å². The van der Waals surface area contributed by atoms with Crippen LogP contribution in [0, 0.1) is 17.8 Å². The summed E-state index contributed by atoms with van der Waals surface area (Å²) >= 11 is 1.52. The predicted octanol–water partition coefficient (Wildman–Crippen LogP) is 3.74. The molecule has 6 nitrogen and oxygen atoms in total. The third kappa shape index (κ3) is 2.92. The molecule has 2 atom stereocenters. The van der Waals surface area contributed by atoms with Crippen LogP contribution in [-0.2, 0) is 4.79 Å². The second-order valence-corrected chi connectivity index (χ2v) is 8.34. The molecule has 27 heavy (non-hydrogen) atoms. The fourth-order valence-electron chi connectivity index (χ4n) is 3.96. The number of para-hydroxylation sites is 1. The van der Waals surface area contributed by atoms with Gasteiger partial charge in [0.15, 0.2) is 16.5 Å². The maximum atomic E-state index is 12.8. The highest BCUT2D eigenvalue weighted by Gasteiger charge is 2.47. The summed E-state index contributed by atoms with van der Waals surface area (Å²) < 4.78 is 6.85. The van der Waals surface area contributed by atoms with Gasteiger partial charge in [0.1, 0.15) is 0 Å². The van der Waals surface area contributed by atoms with E-state index in [-0.39, 0.29) is 24.1 Å². The molecule has 2 aromatic heterocycles. The Bertz CT molecular complexity index is 1000. The summed E-state index contributed by atoms with van der Waals surface area (Å²) in [7, 11) is 0. The number of hydrogen-bond donors (Lipinski definition) is 1. The first kappa shape index (κ1) is 16.5. The zero-order chi connectivity index (χ0) is 18.5. The molecule has 0 radical (unpaired) electrons. The van der Waals surface area contributed by atoms with Crippen LogP contribution in [0.25, 0.3) is 21.0 Å². The number of carboxylic acid groups (broad SMARTS) is 1. The van der Waals surface area contributed by atoms with Crippen molar-refractivity contribution in [2.75, 3.05) is 13.1 Å². The van der Waals surface area contributed by atoms with Crippen LogP contribution in [0.15, 0.2) is 40.8 Å². The number of carbonyl (C=O) groups is 2. The van der Waals surface area contributed by atoms with Crippen molar-refractivity contribution in [2.45, 2.75) is 12.8 Å². The van der Waals surface area contributed by atoms with Crippen LogP contribution < -0.4 is 0 Å². The Kier molecular flexibility index (Phi) is 3.79. The number of rotatable bonds is 4. The minimum atomic E-state index is -0.809. The normalized spacial score (nSPS) is 22.4. The minimum absolute atomic E-state index is 0.0603. The Morgan fingerprint density at radius 1 is 1.15 bits per heavy atom. The summed E-state index contributed by atoms with van der Waals surface area (Å²) in [6.45, 7) is 0.754. The first-order chi connectivity index (χ1) is 13.1. The largest absolute Gasteiger partial charge is 0.481 e.